The summed E-state index contributed by atoms with van der Waals surface area (Å²) in [7, 11) is -3.10. The first kappa shape index (κ1) is 15.8. The number of aryl methyl sites for hydroxylation is 2. The minimum Gasteiger partial charge on any atom is -0.354 e. The molecule has 0 amide bonds. The molecule has 0 spiro atoms. The van der Waals surface area contributed by atoms with Gasteiger partial charge in [-0.05, 0) is 26.3 Å². The van der Waals surface area contributed by atoms with E-state index in [2.05, 4.69) is 15.3 Å². The second-order valence-corrected chi connectivity index (χ2v) is 6.49. The summed E-state index contributed by atoms with van der Waals surface area (Å²) in [6.45, 7) is 7.33. The molecule has 0 fully saturated rings. The molecule has 0 saturated carbocycles. The van der Waals surface area contributed by atoms with Gasteiger partial charge in [0.15, 0.2) is 0 Å². The van der Waals surface area contributed by atoms with Crippen LogP contribution in [0.4, 0.5) is 5.95 Å². The molecule has 0 aliphatic carbocycles. The summed E-state index contributed by atoms with van der Waals surface area (Å²) in [6.07, 6.45) is 1.95. The highest BCUT2D eigenvalue weighted by atomic mass is 32.2. The normalized spacial score (nSPS) is 11.8. The minimum atomic E-state index is -3.10. The quantitative estimate of drug-likeness (QED) is 0.762. The van der Waals surface area contributed by atoms with Crippen LogP contribution < -0.4 is 5.32 Å². The van der Waals surface area contributed by atoms with Crippen LogP contribution in [0, 0.1) is 13.8 Å². The monoisotopic (exact) mass is 286 g/mol. The van der Waals surface area contributed by atoms with E-state index in [1.807, 2.05) is 26.8 Å². The number of nitrogens with one attached hydrogen (secondary N) is 1. The van der Waals surface area contributed by atoms with E-state index in [9.17, 15) is 8.42 Å². The molecule has 0 aliphatic heterocycles. The molecule has 7 heteroatoms. The van der Waals surface area contributed by atoms with Gasteiger partial charge >= 0.3 is 0 Å². The molecule has 0 aliphatic rings. The van der Waals surface area contributed by atoms with Crippen molar-refractivity contribution in [1.29, 1.82) is 0 Å². The Kier molecular flexibility index (Phi) is 5.68. The van der Waals surface area contributed by atoms with Crippen molar-refractivity contribution in [3.63, 3.8) is 0 Å². The molecule has 1 aromatic rings. The third-order valence-corrected chi connectivity index (χ3v) is 4.05. The Morgan fingerprint density at radius 3 is 2.32 bits per heavy atom. The van der Waals surface area contributed by atoms with Crippen molar-refractivity contribution in [1.82, 2.24) is 14.3 Å². The standard InChI is InChI=1S/C12H22N4O2S/c1-5-16(19(4,17)18)8-6-7-13-12-14-10(2)9-11(3)15-12/h9H,5-8H2,1-4H3,(H,13,14,15). The van der Waals surface area contributed by atoms with Gasteiger partial charge in [-0.25, -0.2) is 22.7 Å². The summed E-state index contributed by atoms with van der Waals surface area (Å²) in [5, 5.41) is 3.11. The lowest BCUT2D eigenvalue weighted by atomic mass is 10.3. The van der Waals surface area contributed by atoms with Gasteiger partial charge < -0.3 is 5.32 Å². The van der Waals surface area contributed by atoms with Crippen molar-refractivity contribution in [3.8, 4) is 0 Å². The zero-order chi connectivity index (χ0) is 14.5. The van der Waals surface area contributed by atoms with E-state index < -0.39 is 10.0 Å². The third kappa shape index (κ3) is 5.52. The summed E-state index contributed by atoms with van der Waals surface area (Å²) >= 11 is 0. The molecule has 0 radical (unpaired) electrons. The summed E-state index contributed by atoms with van der Waals surface area (Å²) in [4.78, 5) is 8.53. The third-order valence-electron chi connectivity index (χ3n) is 2.67. The van der Waals surface area contributed by atoms with Gasteiger partial charge in [-0.2, -0.15) is 0 Å². The highest BCUT2D eigenvalue weighted by Gasteiger charge is 2.13. The topological polar surface area (TPSA) is 75.2 Å². The first-order chi connectivity index (χ1) is 8.82. The van der Waals surface area contributed by atoms with E-state index in [0.717, 1.165) is 17.8 Å². The summed E-state index contributed by atoms with van der Waals surface area (Å²) in [5.74, 6) is 0.597. The first-order valence-corrected chi connectivity index (χ1v) is 8.19. The minimum absolute atomic E-state index is 0.499. The number of rotatable bonds is 7. The van der Waals surface area contributed by atoms with Crippen LogP contribution >= 0.6 is 0 Å². The van der Waals surface area contributed by atoms with E-state index in [0.29, 0.717) is 25.6 Å². The summed E-state index contributed by atoms with van der Waals surface area (Å²) in [5.41, 5.74) is 1.84. The van der Waals surface area contributed by atoms with E-state index in [-0.39, 0.29) is 0 Å². The molecule has 1 rings (SSSR count). The van der Waals surface area contributed by atoms with Crippen LogP contribution in [0.5, 0.6) is 0 Å². The van der Waals surface area contributed by atoms with E-state index in [1.165, 1.54) is 10.6 Å². The van der Waals surface area contributed by atoms with E-state index in [4.69, 9.17) is 0 Å². The Hall–Kier alpha value is -1.21. The first-order valence-electron chi connectivity index (χ1n) is 6.34. The SMILES string of the molecule is CCN(CCCNc1nc(C)cc(C)n1)S(C)(=O)=O. The molecule has 1 aromatic heterocycles. The molecule has 0 aromatic carbocycles. The average molecular weight is 286 g/mol. The Bertz CT molecular complexity index is 496. The zero-order valence-electron chi connectivity index (χ0n) is 12.0. The Morgan fingerprint density at radius 1 is 1.26 bits per heavy atom. The predicted molar refractivity (Wildman–Crippen MR) is 76.7 cm³/mol. The van der Waals surface area contributed by atoms with Gasteiger partial charge in [0.05, 0.1) is 6.26 Å². The molecule has 19 heavy (non-hydrogen) atoms. The van der Waals surface area contributed by atoms with Crippen molar-refractivity contribution in [2.75, 3.05) is 31.2 Å². The lowest BCUT2D eigenvalue weighted by Crippen LogP contribution is -2.31. The lowest BCUT2D eigenvalue weighted by Gasteiger charge is -2.17. The highest BCUT2D eigenvalue weighted by Crippen LogP contribution is 2.04. The van der Waals surface area contributed by atoms with Crippen molar-refractivity contribution in [2.45, 2.75) is 27.2 Å². The van der Waals surface area contributed by atoms with Crippen molar-refractivity contribution in [2.24, 2.45) is 0 Å². The number of hydrogen-bond donors (Lipinski definition) is 1. The largest absolute Gasteiger partial charge is 0.354 e. The molecule has 6 nitrogen and oxygen atoms in total. The molecule has 0 bridgehead atoms. The number of anilines is 1. The maximum atomic E-state index is 11.4. The number of nitrogens with zero attached hydrogens (tertiary/aromatic N) is 3. The van der Waals surface area contributed by atoms with Crippen LogP contribution in [0.1, 0.15) is 24.7 Å². The predicted octanol–water partition coefficient (Wildman–Crippen LogP) is 1.18. The maximum absolute atomic E-state index is 11.4. The molecule has 1 heterocycles. The average Bonchev–Trinajstić information content (AvgIpc) is 2.25. The van der Waals surface area contributed by atoms with Gasteiger partial charge in [-0.1, -0.05) is 6.92 Å². The number of hydrogen-bond acceptors (Lipinski definition) is 5. The smallest absolute Gasteiger partial charge is 0.223 e. The van der Waals surface area contributed by atoms with Gasteiger partial charge in [-0.15, -0.1) is 0 Å². The van der Waals surface area contributed by atoms with Crippen molar-refractivity contribution >= 4 is 16.0 Å². The van der Waals surface area contributed by atoms with Crippen LogP contribution in [0.3, 0.4) is 0 Å². The Morgan fingerprint density at radius 2 is 1.84 bits per heavy atom. The molecular weight excluding hydrogens is 264 g/mol. The highest BCUT2D eigenvalue weighted by molar-refractivity contribution is 7.88. The molecule has 1 N–H and O–H groups in total. The van der Waals surface area contributed by atoms with Gasteiger partial charge in [-0.3, -0.25) is 0 Å². The van der Waals surface area contributed by atoms with Crippen LogP contribution in [-0.4, -0.2) is 48.6 Å². The Balaban J connectivity index is 2.42. The van der Waals surface area contributed by atoms with Crippen molar-refractivity contribution < 1.29 is 8.42 Å². The van der Waals surface area contributed by atoms with Gasteiger partial charge in [0.1, 0.15) is 0 Å². The summed E-state index contributed by atoms with van der Waals surface area (Å²) < 4.78 is 24.2. The van der Waals surface area contributed by atoms with Crippen LogP contribution in [0.2, 0.25) is 0 Å². The molecular formula is C12H22N4O2S. The van der Waals surface area contributed by atoms with Crippen LogP contribution in [0.15, 0.2) is 6.07 Å². The number of aromatic nitrogens is 2. The number of sulfonamides is 1. The molecule has 108 valence electrons. The molecule has 0 saturated heterocycles. The second-order valence-electron chi connectivity index (χ2n) is 4.51. The van der Waals surface area contributed by atoms with Crippen molar-refractivity contribution in [3.05, 3.63) is 17.5 Å². The van der Waals surface area contributed by atoms with Gasteiger partial charge in [0.25, 0.3) is 0 Å². The molecule has 0 unspecified atom stereocenters. The van der Waals surface area contributed by atoms with Gasteiger partial charge in [0, 0.05) is 31.0 Å². The maximum Gasteiger partial charge on any atom is 0.223 e. The lowest BCUT2D eigenvalue weighted by molar-refractivity contribution is 0.428. The van der Waals surface area contributed by atoms with E-state index >= 15 is 0 Å². The van der Waals surface area contributed by atoms with Crippen LogP contribution in [0.25, 0.3) is 0 Å². The zero-order valence-corrected chi connectivity index (χ0v) is 12.8. The fourth-order valence-corrected chi connectivity index (χ4v) is 2.75. The van der Waals surface area contributed by atoms with E-state index in [1.54, 1.807) is 0 Å². The summed E-state index contributed by atoms with van der Waals surface area (Å²) in [6, 6.07) is 1.91. The second kappa shape index (κ2) is 6.81. The molecule has 0 atom stereocenters. The fraction of sp³-hybridized carbons (Fsp3) is 0.667. The van der Waals surface area contributed by atoms with Gasteiger partial charge in [0.2, 0.25) is 16.0 Å². The van der Waals surface area contributed by atoms with Crippen LogP contribution in [-0.2, 0) is 10.0 Å². The Labute approximate surface area is 115 Å². The fourth-order valence-electron chi connectivity index (χ4n) is 1.82.